The molecule has 1 N–H and O–H groups in total. The molecule has 0 heterocycles. The Bertz CT molecular complexity index is 431. The lowest BCUT2D eigenvalue weighted by atomic mass is 10.1. The fraction of sp³-hybridized carbons (Fsp3) is 0.0625. The van der Waals surface area contributed by atoms with E-state index in [9.17, 15) is 0 Å². The fourth-order valence-corrected chi connectivity index (χ4v) is 1.52. The van der Waals surface area contributed by atoms with Crippen LogP contribution in [-0.2, 0) is 0 Å². The molecule has 0 bridgehead atoms. The molecular weight excluding hydrogens is 206 g/mol. The average Bonchev–Trinajstić information content (AvgIpc) is 2.38. The van der Waals surface area contributed by atoms with Crippen LogP contribution in [0.25, 0.3) is 0 Å². The third-order valence-electron chi connectivity index (χ3n) is 2.49. The maximum atomic E-state index is 3.23. The first-order chi connectivity index (χ1) is 8.34. The number of anilines is 1. The second-order valence-electron chi connectivity index (χ2n) is 3.95. The molecule has 0 spiro atoms. The van der Waals surface area contributed by atoms with E-state index in [1.54, 1.807) is 0 Å². The maximum absolute atomic E-state index is 3.23. The van der Waals surface area contributed by atoms with E-state index in [2.05, 4.69) is 55.1 Å². The number of aryl methyl sites for hydroxylation is 1. The Labute approximate surface area is 103 Å². The number of nitrogens with one attached hydrogen (secondary N) is 1. The van der Waals surface area contributed by atoms with Crippen LogP contribution in [0.2, 0.25) is 0 Å². The Hall–Kier alpha value is -1.76. The molecule has 85 valence electrons. The second-order valence-corrected chi connectivity index (χ2v) is 3.95. The van der Waals surface area contributed by atoms with E-state index in [1.807, 2.05) is 31.2 Å². The monoisotopic (exact) mass is 222 g/mol. The summed E-state index contributed by atoms with van der Waals surface area (Å²) in [5, 5.41) is 3.23. The number of benzene rings is 2. The first-order valence-electron chi connectivity index (χ1n) is 5.73. The van der Waals surface area contributed by atoms with Crippen LogP contribution in [0.1, 0.15) is 11.1 Å². The summed E-state index contributed by atoms with van der Waals surface area (Å²) < 4.78 is 0. The highest BCUT2D eigenvalue weighted by Gasteiger charge is 1.94. The van der Waals surface area contributed by atoms with Gasteiger partial charge in [0, 0.05) is 5.69 Å². The van der Waals surface area contributed by atoms with Crippen molar-refractivity contribution >= 4 is 5.69 Å². The van der Waals surface area contributed by atoms with Crippen molar-refractivity contribution in [2.45, 2.75) is 6.92 Å². The quantitative estimate of drug-likeness (QED) is 0.753. The summed E-state index contributed by atoms with van der Waals surface area (Å²) >= 11 is 0. The van der Waals surface area contributed by atoms with Gasteiger partial charge in [0.1, 0.15) is 0 Å². The lowest BCUT2D eigenvalue weighted by molar-refractivity contribution is 1.34. The van der Waals surface area contributed by atoms with Gasteiger partial charge < -0.3 is 5.32 Å². The molecule has 1 heteroatoms. The predicted molar refractivity (Wildman–Crippen MR) is 73.2 cm³/mol. The van der Waals surface area contributed by atoms with Crippen molar-refractivity contribution in [3.8, 4) is 0 Å². The van der Waals surface area contributed by atoms with Crippen LogP contribution >= 0.6 is 0 Å². The van der Waals surface area contributed by atoms with E-state index in [0.717, 1.165) is 5.69 Å². The first kappa shape index (κ1) is 11.7. The van der Waals surface area contributed by atoms with Gasteiger partial charge in [-0.3, -0.25) is 0 Å². The van der Waals surface area contributed by atoms with Crippen molar-refractivity contribution in [2.24, 2.45) is 0 Å². The van der Waals surface area contributed by atoms with Crippen LogP contribution < -0.4 is 5.32 Å². The van der Waals surface area contributed by atoms with Crippen LogP contribution in [0.3, 0.4) is 0 Å². The van der Waals surface area contributed by atoms with Gasteiger partial charge in [0.05, 0.1) is 6.54 Å². The van der Waals surface area contributed by atoms with Crippen molar-refractivity contribution in [1.82, 2.24) is 0 Å². The van der Waals surface area contributed by atoms with Crippen molar-refractivity contribution in [3.63, 3.8) is 0 Å². The number of hydrogen-bond donors (Lipinski definition) is 1. The van der Waals surface area contributed by atoms with Gasteiger partial charge in [-0.15, -0.1) is 0 Å². The van der Waals surface area contributed by atoms with Crippen LogP contribution in [0.5, 0.6) is 0 Å². The fourth-order valence-electron chi connectivity index (χ4n) is 1.52. The minimum Gasteiger partial charge on any atom is -0.380 e. The summed E-state index contributed by atoms with van der Waals surface area (Å²) in [6, 6.07) is 18.6. The van der Waals surface area contributed by atoms with Gasteiger partial charge in [-0.1, -0.05) is 48.0 Å². The Kier molecular flexibility index (Phi) is 4.20. The summed E-state index contributed by atoms with van der Waals surface area (Å²) in [4.78, 5) is 0. The summed E-state index contributed by atoms with van der Waals surface area (Å²) in [5.41, 5.74) is 3.58. The summed E-state index contributed by atoms with van der Waals surface area (Å²) in [5.74, 6) is 0. The number of rotatable bonds is 5. The van der Waals surface area contributed by atoms with Crippen molar-refractivity contribution in [1.29, 1.82) is 0 Å². The molecule has 0 aliphatic heterocycles. The SMILES string of the molecule is Cc1ccc(N[CH][CH][CH]c2ccccc2)cc1. The normalized spacial score (nSPS) is 10.2. The van der Waals surface area contributed by atoms with Crippen LogP contribution in [0.15, 0.2) is 54.6 Å². The molecule has 0 fully saturated rings. The largest absolute Gasteiger partial charge is 0.380 e. The van der Waals surface area contributed by atoms with Gasteiger partial charge >= 0.3 is 0 Å². The smallest absolute Gasteiger partial charge is 0.0503 e. The third-order valence-corrected chi connectivity index (χ3v) is 2.49. The molecular formula is C16H16N. The molecule has 0 aliphatic carbocycles. The van der Waals surface area contributed by atoms with Crippen LogP contribution in [0, 0.1) is 26.3 Å². The highest BCUT2D eigenvalue weighted by atomic mass is 14.9. The highest BCUT2D eigenvalue weighted by molar-refractivity contribution is 5.47. The van der Waals surface area contributed by atoms with Gasteiger partial charge in [-0.25, -0.2) is 0 Å². The van der Waals surface area contributed by atoms with E-state index in [0.29, 0.717) is 0 Å². The van der Waals surface area contributed by atoms with Gasteiger partial charge in [0.15, 0.2) is 0 Å². The molecule has 0 saturated carbocycles. The van der Waals surface area contributed by atoms with E-state index in [4.69, 9.17) is 0 Å². The van der Waals surface area contributed by atoms with Crippen molar-refractivity contribution in [2.75, 3.05) is 5.32 Å². The predicted octanol–water partition coefficient (Wildman–Crippen LogP) is 4.03. The minimum atomic E-state index is 1.10. The van der Waals surface area contributed by atoms with Gasteiger partial charge in [-0.2, -0.15) is 0 Å². The zero-order valence-electron chi connectivity index (χ0n) is 9.93. The summed E-state index contributed by atoms with van der Waals surface area (Å²) in [7, 11) is 0. The van der Waals surface area contributed by atoms with E-state index in [1.165, 1.54) is 11.1 Å². The summed E-state index contributed by atoms with van der Waals surface area (Å²) in [6.07, 6.45) is 4.08. The van der Waals surface area contributed by atoms with Gasteiger partial charge in [0.25, 0.3) is 0 Å². The third kappa shape index (κ3) is 3.95. The van der Waals surface area contributed by atoms with Crippen molar-refractivity contribution < 1.29 is 0 Å². The molecule has 17 heavy (non-hydrogen) atoms. The molecule has 2 aromatic rings. The van der Waals surface area contributed by atoms with Gasteiger partial charge in [0.2, 0.25) is 0 Å². The van der Waals surface area contributed by atoms with Crippen molar-refractivity contribution in [3.05, 3.63) is 85.1 Å². The molecule has 0 aromatic heterocycles. The molecule has 3 radical (unpaired) electrons. The highest BCUT2D eigenvalue weighted by Crippen LogP contribution is 2.11. The Morgan fingerprint density at radius 1 is 0.882 bits per heavy atom. The van der Waals surface area contributed by atoms with Crippen LogP contribution in [0.4, 0.5) is 5.69 Å². The lowest BCUT2D eigenvalue weighted by Gasteiger charge is -2.05. The zero-order valence-corrected chi connectivity index (χ0v) is 9.93. The molecule has 0 atom stereocenters. The lowest BCUT2D eigenvalue weighted by Crippen LogP contribution is -1.96. The molecule has 0 saturated heterocycles. The molecule has 2 aromatic carbocycles. The van der Waals surface area contributed by atoms with E-state index < -0.39 is 0 Å². The molecule has 0 amide bonds. The first-order valence-corrected chi connectivity index (χ1v) is 5.73. The topological polar surface area (TPSA) is 12.0 Å². The molecule has 0 unspecified atom stereocenters. The Balaban J connectivity index is 1.71. The van der Waals surface area contributed by atoms with E-state index >= 15 is 0 Å². The van der Waals surface area contributed by atoms with Gasteiger partial charge in [-0.05, 0) is 37.5 Å². The van der Waals surface area contributed by atoms with Crippen LogP contribution in [-0.4, -0.2) is 0 Å². The minimum absolute atomic E-state index is 1.10. The molecule has 1 nitrogen and oxygen atoms in total. The zero-order chi connectivity index (χ0) is 11.9. The maximum Gasteiger partial charge on any atom is 0.0503 e. The second kappa shape index (κ2) is 6.09. The van der Waals surface area contributed by atoms with E-state index in [-0.39, 0.29) is 0 Å². The average molecular weight is 222 g/mol. The molecule has 0 aliphatic rings. The Morgan fingerprint density at radius 3 is 2.29 bits per heavy atom. The molecule has 2 rings (SSSR count). The Morgan fingerprint density at radius 2 is 1.59 bits per heavy atom. The number of hydrogen-bond acceptors (Lipinski definition) is 1. The standard InChI is InChI=1S/C16H16N/c1-14-9-11-16(12-10-14)17-13-5-8-15-6-3-2-4-7-15/h2-13,17H,1H3. The summed E-state index contributed by atoms with van der Waals surface area (Å²) in [6.45, 7) is 4.03.